The number of benzene rings is 2. The minimum Gasteiger partial charge on any atom is -0.369 e. The average Bonchev–Trinajstić information content (AvgIpc) is 2.93. The minimum absolute atomic E-state index is 0.0635. The van der Waals surface area contributed by atoms with Crippen molar-refractivity contribution in [3.63, 3.8) is 0 Å². The van der Waals surface area contributed by atoms with Gasteiger partial charge in [0.05, 0.1) is 11.6 Å². The lowest BCUT2D eigenvalue weighted by Crippen LogP contribution is -2.35. The van der Waals surface area contributed by atoms with Crippen LogP contribution in [0, 0.1) is 17.1 Å². The van der Waals surface area contributed by atoms with E-state index in [1.807, 2.05) is 4.90 Å². The van der Waals surface area contributed by atoms with E-state index >= 15 is 0 Å². The van der Waals surface area contributed by atoms with Crippen molar-refractivity contribution in [1.82, 2.24) is 4.90 Å². The molecule has 138 valence electrons. The van der Waals surface area contributed by atoms with Gasteiger partial charge >= 0.3 is 0 Å². The molecule has 3 rings (SSSR count). The lowest BCUT2D eigenvalue weighted by atomic mass is 10.1. The number of rotatable bonds is 3. The van der Waals surface area contributed by atoms with Gasteiger partial charge in [-0.3, -0.25) is 9.59 Å². The summed E-state index contributed by atoms with van der Waals surface area (Å²) in [4.78, 5) is 28.4. The predicted octanol–water partition coefficient (Wildman–Crippen LogP) is 3.25. The first-order valence-corrected chi connectivity index (χ1v) is 8.84. The largest absolute Gasteiger partial charge is 0.369 e. The number of carbonyl (C=O) groups is 2. The second kappa shape index (κ2) is 8.00. The zero-order valence-electron chi connectivity index (χ0n) is 15.1. The molecule has 0 radical (unpaired) electrons. The molecule has 27 heavy (non-hydrogen) atoms. The fraction of sp³-hybridized carbons (Fsp3) is 0.286. The highest BCUT2D eigenvalue weighted by atomic mass is 19.1. The van der Waals surface area contributed by atoms with Crippen LogP contribution >= 0.6 is 0 Å². The van der Waals surface area contributed by atoms with Crippen LogP contribution in [0.3, 0.4) is 0 Å². The number of Topliss-reactive ketones (excluding diaryl/α,β-unsaturated/α-hetero) is 1. The van der Waals surface area contributed by atoms with Crippen molar-refractivity contribution in [3.05, 3.63) is 65.0 Å². The summed E-state index contributed by atoms with van der Waals surface area (Å²) in [5.41, 5.74) is 2.12. The highest BCUT2D eigenvalue weighted by molar-refractivity contribution is 6.00. The Hall–Kier alpha value is -3.20. The highest BCUT2D eigenvalue weighted by Crippen LogP contribution is 2.24. The van der Waals surface area contributed by atoms with Gasteiger partial charge < -0.3 is 9.80 Å². The quantitative estimate of drug-likeness (QED) is 0.783. The summed E-state index contributed by atoms with van der Waals surface area (Å²) < 4.78 is 13.4. The van der Waals surface area contributed by atoms with Crippen LogP contribution in [0.25, 0.3) is 0 Å². The van der Waals surface area contributed by atoms with Gasteiger partial charge in [-0.05, 0) is 49.7 Å². The SMILES string of the molecule is CC(=O)c1ccc(C#N)cc1N1CCCN(C(=O)c2cccc(F)c2)CC1. The van der Waals surface area contributed by atoms with Gasteiger partial charge in [0.1, 0.15) is 5.82 Å². The lowest BCUT2D eigenvalue weighted by molar-refractivity contribution is 0.0766. The molecule has 1 fully saturated rings. The highest BCUT2D eigenvalue weighted by Gasteiger charge is 2.23. The molecule has 1 aliphatic heterocycles. The summed E-state index contributed by atoms with van der Waals surface area (Å²) in [7, 11) is 0. The van der Waals surface area contributed by atoms with Crippen LogP contribution in [0.2, 0.25) is 0 Å². The number of amides is 1. The Balaban J connectivity index is 1.80. The molecular weight excluding hydrogens is 345 g/mol. The molecule has 1 heterocycles. The molecule has 0 N–H and O–H groups in total. The maximum Gasteiger partial charge on any atom is 0.254 e. The monoisotopic (exact) mass is 365 g/mol. The van der Waals surface area contributed by atoms with E-state index in [0.29, 0.717) is 42.9 Å². The van der Waals surface area contributed by atoms with Crippen molar-refractivity contribution < 1.29 is 14.0 Å². The number of carbonyl (C=O) groups excluding carboxylic acids is 2. The molecule has 2 aromatic rings. The lowest BCUT2D eigenvalue weighted by Gasteiger charge is -2.25. The van der Waals surface area contributed by atoms with Crippen LogP contribution in [-0.4, -0.2) is 42.8 Å². The molecule has 0 bridgehead atoms. The van der Waals surface area contributed by atoms with E-state index in [4.69, 9.17) is 0 Å². The molecular formula is C21H20FN3O2. The molecule has 1 saturated heterocycles. The Bertz CT molecular complexity index is 920. The number of hydrogen-bond acceptors (Lipinski definition) is 4. The molecule has 2 aromatic carbocycles. The smallest absolute Gasteiger partial charge is 0.254 e. The van der Waals surface area contributed by atoms with Gasteiger partial charge in [0.2, 0.25) is 0 Å². The molecule has 6 heteroatoms. The summed E-state index contributed by atoms with van der Waals surface area (Å²) in [6, 6.07) is 12.8. The maximum atomic E-state index is 13.4. The second-order valence-electron chi connectivity index (χ2n) is 6.54. The molecule has 0 atom stereocenters. The Morgan fingerprint density at radius 3 is 2.59 bits per heavy atom. The second-order valence-corrected chi connectivity index (χ2v) is 6.54. The van der Waals surface area contributed by atoms with Crippen molar-refractivity contribution in [2.75, 3.05) is 31.1 Å². The summed E-state index contributed by atoms with van der Waals surface area (Å²) in [5.74, 6) is -0.697. The number of hydrogen-bond donors (Lipinski definition) is 0. The average molecular weight is 365 g/mol. The molecule has 1 aliphatic rings. The summed E-state index contributed by atoms with van der Waals surface area (Å²) in [6.45, 7) is 3.73. The molecule has 0 saturated carbocycles. The first-order chi connectivity index (χ1) is 13.0. The van der Waals surface area contributed by atoms with Crippen molar-refractivity contribution in [2.24, 2.45) is 0 Å². The Kier molecular flexibility index (Phi) is 5.51. The summed E-state index contributed by atoms with van der Waals surface area (Å²) in [6.07, 6.45) is 0.717. The van der Waals surface area contributed by atoms with E-state index in [1.54, 1.807) is 29.2 Å². The Morgan fingerprint density at radius 1 is 1.07 bits per heavy atom. The van der Waals surface area contributed by atoms with Gasteiger partial charge in [-0.15, -0.1) is 0 Å². The van der Waals surface area contributed by atoms with E-state index in [9.17, 15) is 19.2 Å². The van der Waals surface area contributed by atoms with E-state index in [-0.39, 0.29) is 11.7 Å². The van der Waals surface area contributed by atoms with Crippen LogP contribution in [0.15, 0.2) is 42.5 Å². The third-order valence-corrected chi connectivity index (χ3v) is 4.70. The fourth-order valence-corrected chi connectivity index (χ4v) is 3.33. The van der Waals surface area contributed by atoms with Crippen LogP contribution in [0.4, 0.5) is 10.1 Å². The predicted molar refractivity (Wildman–Crippen MR) is 100 cm³/mol. The third-order valence-electron chi connectivity index (χ3n) is 4.70. The molecule has 1 amide bonds. The summed E-state index contributed by atoms with van der Waals surface area (Å²) >= 11 is 0. The van der Waals surface area contributed by atoms with Crippen LogP contribution < -0.4 is 4.90 Å². The number of nitrogens with zero attached hydrogens (tertiary/aromatic N) is 3. The Labute approximate surface area is 157 Å². The van der Waals surface area contributed by atoms with Crippen molar-refractivity contribution in [2.45, 2.75) is 13.3 Å². The van der Waals surface area contributed by atoms with Crippen LogP contribution in [0.1, 0.15) is 39.6 Å². The zero-order chi connectivity index (χ0) is 19.4. The van der Waals surface area contributed by atoms with Gasteiger partial charge in [-0.2, -0.15) is 5.26 Å². The van der Waals surface area contributed by atoms with Gasteiger partial charge in [0.15, 0.2) is 5.78 Å². The Morgan fingerprint density at radius 2 is 1.89 bits per heavy atom. The van der Waals surface area contributed by atoms with Gasteiger partial charge in [0, 0.05) is 43.0 Å². The van der Waals surface area contributed by atoms with Gasteiger partial charge in [-0.1, -0.05) is 6.07 Å². The molecule has 0 aliphatic carbocycles. The number of ketones is 1. The number of halogens is 1. The standard InChI is InChI=1S/C21H20FN3O2/c1-15(26)19-7-6-16(14-23)12-20(19)24-8-3-9-25(11-10-24)21(27)17-4-2-5-18(22)13-17/h2,4-7,12-13H,3,8-11H2,1H3. The molecule has 0 spiro atoms. The van der Waals surface area contributed by atoms with E-state index in [2.05, 4.69) is 6.07 Å². The molecule has 0 aromatic heterocycles. The fourth-order valence-electron chi connectivity index (χ4n) is 3.33. The minimum atomic E-state index is -0.434. The van der Waals surface area contributed by atoms with Crippen LogP contribution in [0.5, 0.6) is 0 Å². The van der Waals surface area contributed by atoms with Gasteiger partial charge in [0.25, 0.3) is 5.91 Å². The zero-order valence-corrected chi connectivity index (χ0v) is 15.1. The molecule has 0 unspecified atom stereocenters. The van der Waals surface area contributed by atoms with Crippen molar-refractivity contribution in [3.8, 4) is 6.07 Å². The molecule has 5 nitrogen and oxygen atoms in total. The number of anilines is 1. The van der Waals surface area contributed by atoms with Gasteiger partial charge in [-0.25, -0.2) is 4.39 Å². The van der Waals surface area contributed by atoms with Crippen LogP contribution in [-0.2, 0) is 0 Å². The maximum absolute atomic E-state index is 13.4. The van der Waals surface area contributed by atoms with E-state index < -0.39 is 5.82 Å². The van der Waals surface area contributed by atoms with Crippen molar-refractivity contribution >= 4 is 17.4 Å². The first kappa shape index (κ1) is 18.6. The number of nitriles is 1. The topological polar surface area (TPSA) is 64.4 Å². The van der Waals surface area contributed by atoms with Crippen molar-refractivity contribution in [1.29, 1.82) is 5.26 Å². The first-order valence-electron chi connectivity index (χ1n) is 8.84. The van der Waals surface area contributed by atoms with E-state index in [1.165, 1.54) is 25.1 Å². The normalized spacial score (nSPS) is 14.4. The van der Waals surface area contributed by atoms with E-state index in [0.717, 1.165) is 12.1 Å². The summed E-state index contributed by atoms with van der Waals surface area (Å²) in [5, 5.41) is 9.17. The third kappa shape index (κ3) is 4.14.